The molecule has 3 aromatic rings. The van der Waals surface area contributed by atoms with E-state index in [0.717, 1.165) is 39.8 Å². The Morgan fingerprint density at radius 3 is 2.76 bits per heavy atom. The van der Waals surface area contributed by atoms with E-state index < -0.39 is 0 Å². The molecule has 2 N–H and O–H groups in total. The zero-order valence-electron chi connectivity index (χ0n) is 14.8. The first kappa shape index (κ1) is 17.1. The van der Waals surface area contributed by atoms with Crippen molar-refractivity contribution in [1.29, 1.82) is 0 Å². The molecule has 6 nitrogen and oxygen atoms in total. The third-order valence-corrected chi connectivity index (χ3v) is 3.88. The minimum atomic E-state index is 0.615. The highest BCUT2D eigenvalue weighted by Crippen LogP contribution is 2.28. The maximum absolute atomic E-state index is 5.67. The maximum Gasteiger partial charge on any atom is 0.161 e. The van der Waals surface area contributed by atoms with E-state index in [9.17, 15) is 0 Å². The summed E-state index contributed by atoms with van der Waals surface area (Å²) in [6.07, 6.45) is 1.82. The molecule has 0 saturated carbocycles. The molecule has 6 heteroatoms. The van der Waals surface area contributed by atoms with Gasteiger partial charge in [-0.3, -0.25) is 5.10 Å². The van der Waals surface area contributed by atoms with Crippen LogP contribution in [-0.2, 0) is 13.1 Å². The fraction of sp³-hybridized carbons (Fsp3) is 0.316. The molecule has 0 aliphatic heterocycles. The predicted octanol–water partition coefficient (Wildman–Crippen LogP) is 3.68. The van der Waals surface area contributed by atoms with Crippen LogP contribution in [0.25, 0.3) is 11.5 Å². The first-order valence-corrected chi connectivity index (χ1v) is 8.30. The monoisotopic (exact) mass is 341 g/mol. The molecule has 0 bridgehead atoms. The number of methoxy groups -OCH3 is 1. The van der Waals surface area contributed by atoms with Crippen LogP contribution in [0.4, 0.5) is 0 Å². The van der Waals surface area contributed by atoms with Gasteiger partial charge in [-0.2, -0.15) is 5.10 Å². The summed E-state index contributed by atoms with van der Waals surface area (Å²) in [6, 6.07) is 9.86. The van der Waals surface area contributed by atoms with Crippen LogP contribution in [0, 0.1) is 6.92 Å². The summed E-state index contributed by atoms with van der Waals surface area (Å²) >= 11 is 0. The highest BCUT2D eigenvalue weighted by atomic mass is 16.5. The van der Waals surface area contributed by atoms with Crippen molar-refractivity contribution < 1.29 is 13.9 Å². The third-order valence-electron chi connectivity index (χ3n) is 3.88. The van der Waals surface area contributed by atoms with E-state index >= 15 is 0 Å². The number of furan rings is 1. The number of aromatic nitrogens is 2. The van der Waals surface area contributed by atoms with Crippen molar-refractivity contribution >= 4 is 0 Å². The number of rotatable bonds is 8. The van der Waals surface area contributed by atoms with Gasteiger partial charge >= 0.3 is 0 Å². The smallest absolute Gasteiger partial charge is 0.161 e. The number of aryl methyl sites for hydroxylation is 1. The van der Waals surface area contributed by atoms with Crippen LogP contribution in [0.5, 0.6) is 11.5 Å². The number of aromatic amines is 1. The number of benzene rings is 1. The van der Waals surface area contributed by atoms with Crippen molar-refractivity contribution in [2.75, 3.05) is 13.7 Å². The Hall–Kier alpha value is -2.73. The van der Waals surface area contributed by atoms with Crippen molar-refractivity contribution in [1.82, 2.24) is 15.5 Å². The fourth-order valence-electron chi connectivity index (χ4n) is 2.67. The Kier molecular flexibility index (Phi) is 5.40. The quantitative estimate of drug-likeness (QED) is 0.654. The predicted molar refractivity (Wildman–Crippen MR) is 95.7 cm³/mol. The number of hydrogen-bond acceptors (Lipinski definition) is 5. The first-order chi connectivity index (χ1) is 12.2. The zero-order chi connectivity index (χ0) is 17.6. The molecular weight excluding hydrogens is 318 g/mol. The van der Waals surface area contributed by atoms with Gasteiger partial charge in [0.15, 0.2) is 17.3 Å². The zero-order valence-corrected chi connectivity index (χ0v) is 14.8. The highest BCUT2D eigenvalue weighted by Gasteiger charge is 2.11. The van der Waals surface area contributed by atoms with E-state index in [1.165, 1.54) is 0 Å². The summed E-state index contributed by atoms with van der Waals surface area (Å²) in [4.78, 5) is 0. The van der Waals surface area contributed by atoms with Gasteiger partial charge in [-0.05, 0) is 43.7 Å². The lowest BCUT2D eigenvalue weighted by Gasteiger charge is -2.11. The second kappa shape index (κ2) is 7.90. The van der Waals surface area contributed by atoms with Crippen LogP contribution in [-0.4, -0.2) is 23.9 Å². The van der Waals surface area contributed by atoms with Gasteiger partial charge in [0.1, 0.15) is 11.5 Å². The average Bonchev–Trinajstić information content (AvgIpc) is 3.25. The summed E-state index contributed by atoms with van der Waals surface area (Å²) in [7, 11) is 1.65. The van der Waals surface area contributed by atoms with Crippen molar-refractivity contribution in [3.63, 3.8) is 0 Å². The van der Waals surface area contributed by atoms with Crippen molar-refractivity contribution in [3.8, 4) is 23.0 Å². The molecule has 1 aromatic carbocycles. The molecule has 0 fully saturated rings. The molecule has 132 valence electrons. The third kappa shape index (κ3) is 4.03. The lowest BCUT2D eigenvalue weighted by molar-refractivity contribution is 0.310. The van der Waals surface area contributed by atoms with Crippen LogP contribution in [0.15, 0.2) is 40.9 Å². The molecule has 2 aromatic heterocycles. The van der Waals surface area contributed by atoms with Gasteiger partial charge in [0.05, 0.1) is 19.9 Å². The Labute approximate surface area is 147 Å². The lowest BCUT2D eigenvalue weighted by atomic mass is 10.1. The normalized spacial score (nSPS) is 10.8. The molecule has 0 unspecified atom stereocenters. The molecule has 0 saturated heterocycles. The van der Waals surface area contributed by atoms with E-state index in [-0.39, 0.29) is 0 Å². The summed E-state index contributed by atoms with van der Waals surface area (Å²) in [5.41, 5.74) is 3.09. The molecule has 0 radical (unpaired) electrons. The van der Waals surface area contributed by atoms with Gasteiger partial charge in [0.2, 0.25) is 0 Å². The molecular formula is C19H23N3O3. The second-order valence-corrected chi connectivity index (χ2v) is 5.70. The number of nitrogens with zero attached hydrogens (tertiary/aromatic N) is 1. The number of nitrogens with one attached hydrogen (secondary N) is 2. The maximum atomic E-state index is 5.67. The minimum absolute atomic E-state index is 0.615. The molecule has 2 heterocycles. The van der Waals surface area contributed by atoms with E-state index in [2.05, 4.69) is 15.5 Å². The van der Waals surface area contributed by atoms with Crippen LogP contribution in [0.1, 0.15) is 23.8 Å². The van der Waals surface area contributed by atoms with Crippen molar-refractivity contribution in [2.24, 2.45) is 0 Å². The standard InChI is InChI=1S/C19H23N3O3/c1-4-24-16-8-6-14(9-18(16)23-3)10-20-11-15-12-21-22-19(15)17-7-5-13(2)25-17/h5-9,12,20H,4,10-11H2,1-3H3,(H,21,22). The van der Waals surface area contributed by atoms with Crippen molar-refractivity contribution in [2.45, 2.75) is 26.9 Å². The molecule has 0 atom stereocenters. The van der Waals surface area contributed by atoms with Crippen LogP contribution >= 0.6 is 0 Å². The molecule has 0 spiro atoms. The van der Waals surface area contributed by atoms with Crippen LogP contribution < -0.4 is 14.8 Å². The Bertz CT molecular complexity index is 823. The summed E-state index contributed by atoms with van der Waals surface area (Å²) in [5, 5.41) is 10.6. The first-order valence-electron chi connectivity index (χ1n) is 8.30. The van der Waals surface area contributed by atoms with E-state index in [4.69, 9.17) is 13.9 Å². The number of ether oxygens (including phenoxy) is 2. The molecule has 3 rings (SSSR count). The van der Waals surface area contributed by atoms with Crippen molar-refractivity contribution in [3.05, 3.63) is 53.4 Å². The van der Waals surface area contributed by atoms with E-state index in [1.54, 1.807) is 7.11 Å². The highest BCUT2D eigenvalue weighted by molar-refractivity contribution is 5.56. The van der Waals surface area contributed by atoms with Gasteiger partial charge < -0.3 is 19.2 Å². The van der Waals surface area contributed by atoms with Gasteiger partial charge in [-0.25, -0.2) is 0 Å². The Morgan fingerprint density at radius 2 is 2.04 bits per heavy atom. The summed E-state index contributed by atoms with van der Waals surface area (Å²) < 4.78 is 16.6. The minimum Gasteiger partial charge on any atom is -0.493 e. The van der Waals surface area contributed by atoms with Gasteiger partial charge in [-0.1, -0.05) is 6.07 Å². The lowest BCUT2D eigenvalue weighted by Crippen LogP contribution is -2.13. The Balaban J connectivity index is 1.63. The molecule has 0 amide bonds. The largest absolute Gasteiger partial charge is 0.493 e. The number of hydrogen-bond donors (Lipinski definition) is 2. The van der Waals surface area contributed by atoms with Gasteiger partial charge in [0.25, 0.3) is 0 Å². The molecule has 0 aliphatic carbocycles. The van der Waals surface area contributed by atoms with Crippen LogP contribution in [0.2, 0.25) is 0 Å². The fourth-order valence-corrected chi connectivity index (χ4v) is 2.67. The average molecular weight is 341 g/mol. The molecule has 0 aliphatic rings. The van der Waals surface area contributed by atoms with E-state index in [1.807, 2.05) is 50.4 Å². The molecule has 25 heavy (non-hydrogen) atoms. The Morgan fingerprint density at radius 1 is 1.16 bits per heavy atom. The van der Waals surface area contributed by atoms with Gasteiger partial charge in [0, 0.05) is 18.7 Å². The number of H-pyrrole nitrogens is 1. The summed E-state index contributed by atoms with van der Waals surface area (Å²) in [6.45, 7) is 5.89. The van der Waals surface area contributed by atoms with Crippen LogP contribution in [0.3, 0.4) is 0 Å². The summed E-state index contributed by atoms with van der Waals surface area (Å²) in [5.74, 6) is 3.19. The SMILES string of the molecule is CCOc1ccc(CNCc2cn[nH]c2-c2ccc(C)o2)cc1OC. The van der Waals surface area contributed by atoms with E-state index in [0.29, 0.717) is 19.7 Å². The van der Waals surface area contributed by atoms with Gasteiger partial charge in [-0.15, -0.1) is 0 Å². The second-order valence-electron chi connectivity index (χ2n) is 5.70. The topological polar surface area (TPSA) is 72.3 Å².